The Morgan fingerprint density at radius 2 is 2.00 bits per heavy atom. The van der Waals surface area contributed by atoms with Crippen molar-refractivity contribution in [2.75, 3.05) is 18.0 Å². The second-order valence-corrected chi connectivity index (χ2v) is 4.47. The summed E-state index contributed by atoms with van der Waals surface area (Å²) < 4.78 is 38.1. The van der Waals surface area contributed by atoms with E-state index in [1.807, 2.05) is 0 Å². The minimum atomic E-state index is -4.42. The van der Waals surface area contributed by atoms with Crippen LogP contribution in [0.25, 0.3) is 10.9 Å². The molecule has 0 spiro atoms. The highest BCUT2D eigenvalue weighted by molar-refractivity contribution is 6.04. The van der Waals surface area contributed by atoms with Gasteiger partial charge in [-0.3, -0.25) is 4.98 Å². The standard InChI is InChI=1S/C14H13F3N2O2/c1-2-19(8-14(15,16)17)12-9-5-3-4-6-11(9)18-7-10(12)13(20)21/h3-7H,2,8H2,1H3,(H,20,21). The lowest BCUT2D eigenvalue weighted by molar-refractivity contribution is -0.119. The predicted octanol–water partition coefficient (Wildman–Crippen LogP) is 3.32. The van der Waals surface area contributed by atoms with Gasteiger partial charge in [-0.15, -0.1) is 0 Å². The third kappa shape index (κ3) is 3.24. The Kier molecular flexibility index (Phi) is 4.02. The van der Waals surface area contributed by atoms with Gasteiger partial charge in [0, 0.05) is 18.1 Å². The zero-order valence-corrected chi connectivity index (χ0v) is 11.2. The summed E-state index contributed by atoms with van der Waals surface area (Å²) in [7, 11) is 0. The van der Waals surface area contributed by atoms with Crippen LogP contribution in [0.2, 0.25) is 0 Å². The number of rotatable bonds is 4. The molecule has 21 heavy (non-hydrogen) atoms. The topological polar surface area (TPSA) is 53.4 Å². The lowest BCUT2D eigenvalue weighted by Crippen LogP contribution is -2.35. The molecular formula is C14H13F3N2O2. The Morgan fingerprint density at radius 1 is 1.33 bits per heavy atom. The molecule has 112 valence electrons. The normalized spacial score (nSPS) is 11.6. The molecular weight excluding hydrogens is 285 g/mol. The molecule has 0 aliphatic heterocycles. The van der Waals surface area contributed by atoms with Crippen molar-refractivity contribution in [3.63, 3.8) is 0 Å². The van der Waals surface area contributed by atoms with Gasteiger partial charge in [-0.2, -0.15) is 13.2 Å². The highest BCUT2D eigenvalue weighted by Gasteiger charge is 2.32. The fourth-order valence-electron chi connectivity index (χ4n) is 2.19. The quantitative estimate of drug-likeness (QED) is 0.940. The lowest BCUT2D eigenvalue weighted by atomic mass is 10.1. The van der Waals surface area contributed by atoms with E-state index >= 15 is 0 Å². The molecule has 1 heterocycles. The smallest absolute Gasteiger partial charge is 0.405 e. The van der Waals surface area contributed by atoms with Crippen LogP contribution in [0.1, 0.15) is 17.3 Å². The summed E-state index contributed by atoms with van der Waals surface area (Å²) in [5, 5.41) is 9.61. The van der Waals surface area contributed by atoms with Gasteiger partial charge in [0.25, 0.3) is 0 Å². The lowest BCUT2D eigenvalue weighted by Gasteiger charge is -2.27. The Labute approximate surface area is 118 Å². The van der Waals surface area contributed by atoms with Gasteiger partial charge >= 0.3 is 12.1 Å². The molecule has 7 heteroatoms. The fourth-order valence-corrected chi connectivity index (χ4v) is 2.19. The number of pyridine rings is 1. The van der Waals surface area contributed by atoms with Crippen LogP contribution in [0.15, 0.2) is 30.5 Å². The third-order valence-corrected chi connectivity index (χ3v) is 3.05. The van der Waals surface area contributed by atoms with E-state index in [4.69, 9.17) is 0 Å². The van der Waals surface area contributed by atoms with Crippen molar-refractivity contribution < 1.29 is 23.1 Å². The van der Waals surface area contributed by atoms with E-state index in [1.54, 1.807) is 31.2 Å². The van der Waals surface area contributed by atoms with Gasteiger partial charge in [0.05, 0.1) is 11.2 Å². The van der Waals surface area contributed by atoms with Gasteiger partial charge in [0.15, 0.2) is 0 Å². The number of carbonyl (C=O) groups is 1. The average Bonchev–Trinajstić information content (AvgIpc) is 2.42. The molecule has 0 amide bonds. The van der Waals surface area contributed by atoms with Gasteiger partial charge < -0.3 is 10.0 Å². The Hall–Kier alpha value is -2.31. The average molecular weight is 298 g/mol. The highest BCUT2D eigenvalue weighted by atomic mass is 19.4. The van der Waals surface area contributed by atoms with Crippen molar-refractivity contribution in [3.05, 3.63) is 36.0 Å². The molecule has 0 radical (unpaired) electrons. The van der Waals surface area contributed by atoms with Crippen LogP contribution >= 0.6 is 0 Å². The van der Waals surface area contributed by atoms with E-state index in [-0.39, 0.29) is 17.8 Å². The first kappa shape index (κ1) is 15.1. The Balaban J connectivity index is 2.67. The Bertz CT molecular complexity index is 671. The molecule has 0 aliphatic rings. The van der Waals surface area contributed by atoms with Crippen molar-refractivity contribution in [1.29, 1.82) is 0 Å². The molecule has 0 fully saturated rings. The summed E-state index contributed by atoms with van der Waals surface area (Å²) in [6.07, 6.45) is -3.32. The molecule has 0 bridgehead atoms. The van der Waals surface area contributed by atoms with Gasteiger partial charge in [-0.05, 0) is 13.0 Å². The predicted molar refractivity (Wildman–Crippen MR) is 72.6 cm³/mol. The minimum absolute atomic E-state index is 0.0355. The number of fused-ring (bicyclic) bond motifs is 1. The number of carboxylic acid groups (broad SMARTS) is 1. The molecule has 1 aromatic heterocycles. The minimum Gasteiger partial charge on any atom is -0.478 e. The summed E-state index contributed by atoms with van der Waals surface area (Å²) in [6, 6.07) is 6.54. The molecule has 1 aromatic carbocycles. The van der Waals surface area contributed by atoms with E-state index in [2.05, 4.69) is 4.98 Å². The maximum absolute atomic E-state index is 12.7. The molecule has 0 unspecified atom stereocenters. The number of benzene rings is 1. The van der Waals surface area contributed by atoms with Crippen molar-refractivity contribution >= 4 is 22.6 Å². The second-order valence-electron chi connectivity index (χ2n) is 4.47. The van der Waals surface area contributed by atoms with Crippen LogP contribution in [-0.2, 0) is 0 Å². The number of aromatic nitrogens is 1. The number of para-hydroxylation sites is 1. The van der Waals surface area contributed by atoms with Crippen molar-refractivity contribution in [2.24, 2.45) is 0 Å². The van der Waals surface area contributed by atoms with Gasteiger partial charge in [0.2, 0.25) is 0 Å². The van der Waals surface area contributed by atoms with Crippen LogP contribution in [0, 0.1) is 0 Å². The van der Waals surface area contributed by atoms with E-state index in [0.29, 0.717) is 10.9 Å². The van der Waals surface area contributed by atoms with E-state index < -0.39 is 18.7 Å². The summed E-state index contributed by atoms with van der Waals surface area (Å²) in [5.41, 5.74) is 0.269. The molecule has 0 aliphatic carbocycles. The Morgan fingerprint density at radius 3 is 2.57 bits per heavy atom. The van der Waals surface area contributed by atoms with Gasteiger partial charge in [-0.1, -0.05) is 18.2 Å². The third-order valence-electron chi connectivity index (χ3n) is 3.05. The van der Waals surface area contributed by atoms with Gasteiger partial charge in [-0.25, -0.2) is 4.79 Å². The summed E-state index contributed by atoms with van der Waals surface area (Å²) in [5.74, 6) is -1.30. The first-order valence-corrected chi connectivity index (χ1v) is 6.26. The van der Waals surface area contributed by atoms with E-state index in [9.17, 15) is 23.1 Å². The summed E-state index contributed by atoms with van der Waals surface area (Å²) >= 11 is 0. The van der Waals surface area contributed by atoms with Crippen LogP contribution in [0.3, 0.4) is 0 Å². The molecule has 4 nitrogen and oxygen atoms in total. The van der Waals surface area contributed by atoms with Crippen LogP contribution in [-0.4, -0.2) is 35.3 Å². The van der Waals surface area contributed by atoms with Crippen LogP contribution < -0.4 is 4.90 Å². The largest absolute Gasteiger partial charge is 0.478 e. The van der Waals surface area contributed by atoms with E-state index in [0.717, 1.165) is 11.1 Å². The number of halogens is 3. The molecule has 0 saturated heterocycles. The number of nitrogens with zero attached hydrogens (tertiary/aromatic N) is 2. The maximum atomic E-state index is 12.7. The fraction of sp³-hybridized carbons (Fsp3) is 0.286. The first-order chi connectivity index (χ1) is 9.83. The van der Waals surface area contributed by atoms with Crippen molar-refractivity contribution in [1.82, 2.24) is 4.98 Å². The SMILES string of the molecule is CCN(CC(F)(F)F)c1c(C(=O)O)cnc2ccccc12. The zero-order valence-electron chi connectivity index (χ0n) is 11.2. The highest BCUT2D eigenvalue weighted by Crippen LogP contribution is 2.31. The number of hydrogen-bond donors (Lipinski definition) is 1. The molecule has 0 saturated carbocycles. The second kappa shape index (κ2) is 5.59. The number of alkyl halides is 3. The summed E-state index contributed by atoms with van der Waals surface area (Å²) in [4.78, 5) is 16.3. The molecule has 0 atom stereocenters. The van der Waals surface area contributed by atoms with Crippen LogP contribution in [0.4, 0.5) is 18.9 Å². The zero-order chi connectivity index (χ0) is 15.6. The monoisotopic (exact) mass is 298 g/mol. The summed E-state index contributed by atoms with van der Waals surface area (Å²) in [6.45, 7) is 0.373. The van der Waals surface area contributed by atoms with Crippen LogP contribution in [0.5, 0.6) is 0 Å². The number of carboxylic acids is 1. The number of anilines is 1. The molecule has 2 rings (SSSR count). The first-order valence-electron chi connectivity index (χ1n) is 6.26. The van der Waals surface area contributed by atoms with Crippen molar-refractivity contribution in [3.8, 4) is 0 Å². The van der Waals surface area contributed by atoms with Gasteiger partial charge in [0.1, 0.15) is 12.1 Å². The number of hydrogen-bond acceptors (Lipinski definition) is 3. The molecule has 2 aromatic rings. The maximum Gasteiger partial charge on any atom is 0.405 e. The molecule has 1 N–H and O–H groups in total. The van der Waals surface area contributed by atoms with E-state index in [1.165, 1.54) is 0 Å². The number of aromatic carboxylic acids is 1. The van der Waals surface area contributed by atoms with Crippen molar-refractivity contribution in [2.45, 2.75) is 13.1 Å².